The molecule has 1 unspecified atom stereocenters. The zero-order valence-corrected chi connectivity index (χ0v) is 15.2. The maximum atomic E-state index is 13.3. The number of piperidine rings is 1. The molecule has 0 aliphatic carbocycles. The van der Waals surface area contributed by atoms with Gasteiger partial charge in [-0.25, -0.2) is 9.18 Å². The van der Waals surface area contributed by atoms with Crippen LogP contribution in [0.5, 0.6) is 0 Å². The van der Waals surface area contributed by atoms with Gasteiger partial charge >= 0.3 is 12.1 Å². The molecule has 1 atom stereocenters. The van der Waals surface area contributed by atoms with E-state index < -0.39 is 34.8 Å². The number of amides is 1. The molecule has 1 aromatic rings. The lowest BCUT2D eigenvalue weighted by Crippen LogP contribution is -2.51. The van der Waals surface area contributed by atoms with Crippen molar-refractivity contribution in [2.24, 2.45) is 5.92 Å². The number of hydrogen-bond acceptors (Lipinski definition) is 4. The summed E-state index contributed by atoms with van der Waals surface area (Å²) in [5, 5.41) is 19.0. The fourth-order valence-corrected chi connectivity index (χ4v) is 3.36. The van der Waals surface area contributed by atoms with E-state index in [2.05, 4.69) is 0 Å². The van der Waals surface area contributed by atoms with Gasteiger partial charge in [-0.3, -0.25) is 4.79 Å². The second-order valence-electron chi connectivity index (χ2n) is 7.53. The fourth-order valence-electron chi connectivity index (χ4n) is 3.36. The predicted molar refractivity (Wildman–Crippen MR) is 91.9 cm³/mol. The number of carboxylic acids is 1. The third-order valence-electron chi connectivity index (χ3n) is 4.66. The van der Waals surface area contributed by atoms with Gasteiger partial charge in [0.1, 0.15) is 11.4 Å². The lowest BCUT2D eigenvalue weighted by molar-refractivity contribution is -0.142. The van der Waals surface area contributed by atoms with E-state index in [4.69, 9.17) is 4.74 Å². The van der Waals surface area contributed by atoms with Crippen LogP contribution in [0.4, 0.5) is 9.18 Å². The first kappa shape index (κ1) is 19.7. The minimum atomic E-state index is -1.28. The van der Waals surface area contributed by atoms with Crippen LogP contribution in [0, 0.1) is 23.1 Å². The average Bonchev–Trinajstić information content (AvgIpc) is 2.54. The van der Waals surface area contributed by atoms with Gasteiger partial charge in [-0.2, -0.15) is 5.26 Å². The number of halogens is 1. The van der Waals surface area contributed by atoms with Crippen molar-refractivity contribution in [2.45, 2.75) is 44.6 Å². The van der Waals surface area contributed by atoms with E-state index in [1.807, 2.05) is 6.07 Å². The number of rotatable bonds is 3. The second kappa shape index (κ2) is 7.32. The van der Waals surface area contributed by atoms with Gasteiger partial charge in [-0.15, -0.1) is 0 Å². The van der Waals surface area contributed by atoms with Crippen molar-refractivity contribution in [3.63, 3.8) is 0 Å². The summed E-state index contributed by atoms with van der Waals surface area (Å²) >= 11 is 0. The quantitative estimate of drug-likeness (QED) is 0.891. The minimum absolute atomic E-state index is 0.262. The molecule has 1 heterocycles. The van der Waals surface area contributed by atoms with Crippen LogP contribution in [-0.4, -0.2) is 40.8 Å². The largest absolute Gasteiger partial charge is 0.480 e. The van der Waals surface area contributed by atoms with E-state index in [9.17, 15) is 24.3 Å². The van der Waals surface area contributed by atoms with Gasteiger partial charge in [0, 0.05) is 18.5 Å². The third kappa shape index (κ3) is 4.13. The summed E-state index contributed by atoms with van der Waals surface area (Å²) in [4.78, 5) is 25.4. The molecule has 1 aromatic carbocycles. The molecule has 140 valence electrons. The molecule has 1 N–H and O–H groups in total. The lowest BCUT2D eigenvalue weighted by Gasteiger charge is -2.43. The molecule has 0 bridgehead atoms. The average molecular weight is 362 g/mol. The van der Waals surface area contributed by atoms with Gasteiger partial charge in [0.2, 0.25) is 0 Å². The maximum Gasteiger partial charge on any atom is 0.410 e. The normalized spacial score (nSPS) is 17.9. The first-order chi connectivity index (χ1) is 12.1. The standard InChI is InChI=1S/C19H23FN2O4/c1-18(2,3)26-17(25)22-10-8-19(9-11-22,15(12-21)16(23)24)13-4-6-14(20)7-5-13/h4-7,15H,8-11H2,1-3H3,(H,23,24). The van der Waals surface area contributed by atoms with Crippen LogP contribution in [0.25, 0.3) is 0 Å². The number of ether oxygens (including phenoxy) is 1. The Morgan fingerprint density at radius 2 is 1.81 bits per heavy atom. The summed E-state index contributed by atoms with van der Waals surface area (Å²) in [6.07, 6.45) is 0.0965. The summed E-state index contributed by atoms with van der Waals surface area (Å²) < 4.78 is 18.7. The highest BCUT2D eigenvalue weighted by Gasteiger charge is 2.48. The Morgan fingerprint density at radius 3 is 2.23 bits per heavy atom. The number of carbonyl (C=O) groups excluding carboxylic acids is 1. The molecule has 0 radical (unpaired) electrons. The fraction of sp³-hybridized carbons (Fsp3) is 0.526. The van der Waals surface area contributed by atoms with Crippen molar-refractivity contribution in [3.05, 3.63) is 35.6 Å². The molecule has 1 aliphatic heterocycles. The molecule has 1 aliphatic rings. The van der Waals surface area contributed by atoms with Crippen molar-refractivity contribution in [3.8, 4) is 6.07 Å². The lowest BCUT2D eigenvalue weighted by atomic mass is 9.65. The summed E-state index contributed by atoms with van der Waals surface area (Å²) in [6.45, 7) is 5.84. The van der Waals surface area contributed by atoms with Gasteiger partial charge in [-0.05, 0) is 51.3 Å². The first-order valence-electron chi connectivity index (χ1n) is 8.45. The van der Waals surface area contributed by atoms with Crippen LogP contribution >= 0.6 is 0 Å². The topological polar surface area (TPSA) is 90.6 Å². The molecule has 1 saturated heterocycles. The Bertz CT molecular complexity index is 711. The molecule has 1 amide bonds. The van der Waals surface area contributed by atoms with Crippen molar-refractivity contribution < 1.29 is 23.8 Å². The van der Waals surface area contributed by atoms with E-state index in [0.717, 1.165) is 0 Å². The van der Waals surface area contributed by atoms with Gasteiger partial charge in [0.05, 0.1) is 6.07 Å². The molecule has 1 fully saturated rings. The minimum Gasteiger partial charge on any atom is -0.480 e. The molecule has 0 aromatic heterocycles. The van der Waals surface area contributed by atoms with Gasteiger partial charge in [-0.1, -0.05) is 12.1 Å². The summed E-state index contributed by atoms with van der Waals surface area (Å²) in [6, 6.07) is 7.43. The van der Waals surface area contributed by atoms with Gasteiger partial charge in [0.25, 0.3) is 0 Å². The highest BCUT2D eigenvalue weighted by molar-refractivity contribution is 5.76. The maximum absolute atomic E-state index is 13.3. The predicted octanol–water partition coefficient (Wildman–Crippen LogP) is 3.32. The Kier molecular flexibility index (Phi) is 5.55. The summed E-state index contributed by atoms with van der Waals surface area (Å²) in [5.41, 5.74) is -1.01. The van der Waals surface area contributed by atoms with Crippen molar-refractivity contribution in [1.82, 2.24) is 4.90 Å². The van der Waals surface area contributed by atoms with Crippen LogP contribution in [-0.2, 0) is 14.9 Å². The number of aliphatic carboxylic acids is 1. The van der Waals surface area contributed by atoms with Crippen molar-refractivity contribution >= 4 is 12.1 Å². The van der Waals surface area contributed by atoms with E-state index >= 15 is 0 Å². The van der Waals surface area contributed by atoms with Crippen LogP contribution in [0.1, 0.15) is 39.2 Å². The zero-order chi connectivity index (χ0) is 19.5. The summed E-state index contributed by atoms with van der Waals surface area (Å²) in [7, 11) is 0. The monoisotopic (exact) mass is 362 g/mol. The number of likely N-dealkylation sites (tertiary alicyclic amines) is 1. The molecule has 7 heteroatoms. The molecule has 0 spiro atoms. The van der Waals surface area contributed by atoms with E-state index in [1.54, 1.807) is 20.8 Å². The number of carboxylic acid groups (broad SMARTS) is 1. The Balaban J connectivity index is 2.29. The van der Waals surface area contributed by atoms with E-state index in [-0.39, 0.29) is 25.9 Å². The summed E-state index contributed by atoms with van der Waals surface area (Å²) in [5.74, 6) is -2.93. The number of nitrogens with zero attached hydrogens (tertiary/aromatic N) is 2. The molecule has 26 heavy (non-hydrogen) atoms. The van der Waals surface area contributed by atoms with Gasteiger partial charge < -0.3 is 14.7 Å². The van der Waals surface area contributed by atoms with E-state index in [1.165, 1.54) is 29.2 Å². The number of benzene rings is 1. The van der Waals surface area contributed by atoms with Crippen LogP contribution in [0.2, 0.25) is 0 Å². The van der Waals surface area contributed by atoms with Crippen molar-refractivity contribution in [1.29, 1.82) is 5.26 Å². The molecule has 2 rings (SSSR count). The SMILES string of the molecule is CC(C)(C)OC(=O)N1CCC(c2ccc(F)cc2)(C(C#N)C(=O)O)CC1. The van der Waals surface area contributed by atoms with Crippen LogP contribution in [0.15, 0.2) is 24.3 Å². The molecular formula is C19H23FN2O4. The van der Waals surface area contributed by atoms with Gasteiger partial charge in [0.15, 0.2) is 5.92 Å². The van der Waals surface area contributed by atoms with Crippen LogP contribution < -0.4 is 0 Å². The molecular weight excluding hydrogens is 339 g/mol. The Hall–Kier alpha value is -2.62. The number of carbonyl (C=O) groups is 2. The zero-order valence-electron chi connectivity index (χ0n) is 15.2. The second-order valence-corrected chi connectivity index (χ2v) is 7.53. The Morgan fingerprint density at radius 1 is 1.27 bits per heavy atom. The number of hydrogen-bond donors (Lipinski definition) is 1. The van der Waals surface area contributed by atoms with Crippen LogP contribution in [0.3, 0.4) is 0 Å². The highest BCUT2D eigenvalue weighted by atomic mass is 19.1. The number of nitriles is 1. The van der Waals surface area contributed by atoms with Crippen molar-refractivity contribution in [2.75, 3.05) is 13.1 Å². The highest BCUT2D eigenvalue weighted by Crippen LogP contribution is 2.42. The van der Waals surface area contributed by atoms with E-state index in [0.29, 0.717) is 5.56 Å². The Labute approximate surface area is 152 Å². The smallest absolute Gasteiger partial charge is 0.410 e. The first-order valence-corrected chi connectivity index (χ1v) is 8.45. The molecule has 6 nitrogen and oxygen atoms in total. The third-order valence-corrected chi connectivity index (χ3v) is 4.66. The molecule has 0 saturated carbocycles.